The number of rotatable bonds is 5. The molecule has 1 aromatic carbocycles. The van der Waals surface area contributed by atoms with E-state index in [1.165, 1.54) is 49.4 Å². The second-order valence-electron chi connectivity index (χ2n) is 8.31. The van der Waals surface area contributed by atoms with Crippen LogP contribution in [0.1, 0.15) is 38.5 Å². The van der Waals surface area contributed by atoms with Gasteiger partial charge in [0.25, 0.3) is 0 Å². The van der Waals surface area contributed by atoms with Gasteiger partial charge in [0.05, 0.1) is 0 Å². The van der Waals surface area contributed by atoms with Gasteiger partial charge in [0, 0.05) is 49.5 Å². The van der Waals surface area contributed by atoms with Crippen molar-refractivity contribution in [3.8, 4) is 22.9 Å². The van der Waals surface area contributed by atoms with Gasteiger partial charge in [-0.1, -0.05) is 44.2 Å². The molecule has 150 valence electrons. The van der Waals surface area contributed by atoms with Gasteiger partial charge < -0.3 is 4.57 Å². The molecule has 0 radical (unpaired) electrons. The summed E-state index contributed by atoms with van der Waals surface area (Å²) in [5.74, 6) is 2.46. The Morgan fingerprint density at radius 3 is 2.62 bits per heavy atom. The van der Waals surface area contributed by atoms with E-state index in [1.54, 1.807) is 4.68 Å². The third-order valence-electron chi connectivity index (χ3n) is 6.26. The maximum absolute atomic E-state index is 4.95. The molecule has 3 heterocycles. The fraction of sp³-hybridized carbons (Fsp3) is 0.435. The Kier molecular flexibility index (Phi) is 4.70. The number of aryl methyl sites for hydroxylation is 3. The Bertz CT molecular complexity index is 1130. The second kappa shape index (κ2) is 7.50. The summed E-state index contributed by atoms with van der Waals surface area (Å²) in [4.78, 5) is 4.95. The average Bonchev–Trinajstić information content (AvgIpc) is 3.46. The van der Waals surface area contributed by atoms with Crippen LogP contribution in [-0.4, -0.2) is 29.1 Å². The van der Waals surface area contributed by atoms with E-state index in [0.29, 0.717) is 5.82 Å². The average molecular weight is 389 g/mol. The van der Waals surface area contributed by atoms with Gasteiger partial charge in [-0.2, -0.15) is 5.10 Å². The Balaban J connectivity index is 1.55. The van der Waals surface area contributed by atoms with Gasteiger partial charge in [-0.25, -0.2) is 9.67 Å². The van der Waals surface area contributed by atoms with Gasteiger partial charge in [-0.05, 0) is 30.5 Å². The molecule has 1 aliphatic carbocycles. The molecule has 0 atom stereocenters. The third kappa shape index (κ3) is 3.48. The standard InChI is InChI=1S/C23H28N6/c1-27-14-12-18-19(9-6-10-21(18)27)23-24-22(20-13-15-28(2)25-20)26-29(23)16-11-17-7-4-3-5-8-17/h6,9-10,12-15,17H,3-5,7-8,11,16H2,1-2H3. The van der Waals surface area contributed by atoms with Crippen LogP contribution in [0.25, 0.3) is 33.8 Å². The molecule has 1 saturated carbocycles. The highest BCUT2D eigenvalue weighted by Crippen LogP contribution is 2.31. The normalized spacial score (nSPS) is 15.4. The van der Waals surface area contributed by atoms with Crippen LogP contribution in [0.2, 0.25) is 0 Å². The van der Waals surface area contributed by atoms with Crippen molar-refractivity contribution in [3.05, 3.63) is 42.7 Å². The minimum atomic E-state index is 0.706. The molecule has 0 bridgehead atoms. The van der Waals surface area contributed by atoms with Gasteiger partial charge in [0.2, 0.25) is 5.82 Å². The van der Waals surface area contributed by atoms with Crippen molar-refractivity contribution in [2.45, 2.75) is 45.1 Å². The van der Waals surface area contributed by atoms with E-state index in [9.17, 15) is 0 Å². The molecule has 3 aromatic heterocycles. The van der Waals surface area contributed by atoms with Crippen LogP contribution in [0.5, 0.6) is 0 Å². The van der Waals surface area contributed by atoms with Gasteiger partial charge in [-0.3, -0.25) is 4.68 Å². The molecule has 0 aliphatic heterocycles. The van der Waals surface area contributed by atoms with E-state index < -0.39 is 0 Å². The summed E-state index contributed by atoms with van der Waals surface area (Å²) in [7, 11) is 4.01. The minimum Gasteiger partial charge on any atom is -0.351 e. The third-order valence-corrected chi connectivity index (χ3v) is 6.26. The van der Waals surface area contributed by atoms with Crippen LogP contribution in [0.4, 0.5) is 0 Å². The van der Waals surface area contributed by atoms with Crippen molar-refractivity contribution < 1.29 is 0 Å². The lowest BCUT2D eigenvalue weighted by Gasteiger charge is -2.21. The van der Waals surface area contributed by atoms with Gasteiger partial charge in [0.15, 0.2) is 5.82 Å². The molecule has 5 rings (SSSR count). The lowest BCUT2D eigenvalue weighted by atomic mass is 9.87. The van der Waals surface area contributed by atoms with E-state index in [-0.39, 0.29) is 0 Å². The van der Waals surface area contributed by atoms with Crippen molar-refractivity contribution in [2.24, 2.45) is 20.0 Å². The van der Waals surface area contributed by atoms with Crippen LogP contribution >= 0.6 is 0 Å². The topological polar surface area (TPSA) is 53.5 Å². The fourth-order valence-corrected chi connectivity index (χ4v) is 4.62. The highest BCUT2D eigenvalue weighted by Gasteiger charge is 2.19. The number of nitrogens with zero attached hydrogens (tertiary/aromatic N) is 6. The van der Waals surface area contributed by atoms with E-state index >= 15 is 0 Å². The first-order valence-corrected chi connectivity index (χ1v) is 10.7. The Morgan fingerprint density at radius 2 is 1.83 bits per heavy atom. The first kappa shape index (κ1) is 18.2. The molecule has 4 aromatic rings. The van der Waals surface area contributed by atoms with E-state index in [1.807, 2.05) is 19.3 Å². The SMILES string of the molecule is Cn1ccc(-c2nc(-c3cccc4c3ccn4C)n(CCC3CCCCC3)n2)n1. The highest BCUT2D eigenvalue weighted by molar-refractivity contribution is 5.94. The Labute approximate surface area is 171 Å². The molecule has 6 nitrogen and oxygen atoms in total. The summed E-state index contributed by atoms with van der Waals surface area (Å²) < 4.78 is 6.07. The Morgan fingerprint density at radius 1 is 0.966 bits per heavy atom. The van der Waals surface area contributed by atoms with Crippen molar-refractivity contribution >= 4 is 10.9 Å². The predicted molar refractivity (Wildman–Crippen MR) is 115 cm³/mol. The summed E-state index contributed by atoms with van der Waals surface area (Å²) in [6, 6.07) is 10.6. The second-order valence-corrected chi connectivity index (χ2v) is 8.31. The molecule has 0 unspecified atom stereocenters. The van der Waals surface area contributed by atoms with Gasteiger partial charge in [0.1, 0.15) is 5.69 Å². The molecule has 1 fully saturated rings. The van der Waals surface area contributed by atoms with Gasteiger partial charge in [-0.15, -0.1) is 5.10 Å². The molecular formula is C23H28N6. The largest absolute Gasteiger partial charge is 0.351 e. The Hall–Kier alpha value is -2.89. The van der Waals surface area contributed by atoms with E-state index in [2.05, 4.69) is 51.9 Å². The molecule has 0 saturated heterocycles. The number of aromatic nitrogens is 6. The molecule has 0 spiro atoms. The van der Waals surface area contributed by atoms with Crippen molar-refractivity contribution in [1.29, 1.82) is 0 Å². The summed E-state index contributed by atoms with van der Waals surface area (Å²) in [5, 5.41) is 10.6. The molecule has 1 aliphatic rings. The zero-order chi connectivity index (χ0) is 19.8. The number of hydrogen-bond donors (Lipinski definition) is 0. The number of fused-ring (bicyclic) bond motifs is 1. The number of hydrogen-bond acceptors (Lipinski definition) is 3. The zero-order valence-corrected chi connectivity index (χ0v) is 17.3. The number of benzene rings is 1. The lowest BCUT2D eigenvalue weighted by Crippen LogP contribution is -2.11. The van der Waals surface area contributed by atoms with Crippen molar-refractivity contribution in [3.63, 3.8) is 0 Å². The van der Waals surface area contributed by atoms with Crippen LogP contribution in [-0.2, 0) is 20.6 Å². The maximum atomic E-state index is 4.95. The summed E-state index contributed by atoms with van der Waals surface area (Å²) in [6.07, 6.45) is 12.1. The molecule has 29 heavy (non-hydrogen) atoms. The van der Waals surface area contributed by atoms with Crippen LogP contribution in [0.15, 0.2) is 42.7 Å². The molecule has 6 heteroatoms. The van der Waals surface area contributed by atoms with E-state index in [0.717, 1.165) is 29.5 Å². The first-order chi connectivity index (χ1) is 14.2. The van der Waals surface area contributed by atoms with Gasteiger partial charge >= 0.3 is 0 Å². The molecular weight excluding hydrogens is 360 g/mol. The lowest BCUT2D eigenvalue weighted by molar-refractivity contribution is 0.319. The predicted octanol–water partition coefficient (Wildman–Crippen LogP) is 4.81. The van der Waals surface area contributed by atoms with E-state index in [4.69, 9.17) is 10.1 Å². The minimum absolute atomic E-state index is 0.706. The molecule has 0 N–H and O–H groups in total. The monoisotopic (exact) mass is 388 g/mol. The summed E-state index contributed by atoms with van der Waals surface area (Å²) >= 11 is 0. The quantitative estimate of drug-likeness (QED) is 0.493. The summed E-state index contributed by atoms with van der Waals surface area (Å²) in [6.45, 7) is 0.906. The highest BCUT2D eigenvalue weighted by atomic mass is 15.4. The zero-order valence-electron chi connectivity index (χ0n) is 17.3. The van der Waals surface area contributed by atoms with Crippen LogP contribution in [0.3, 0.4) is 0 Å². The van der Waals surface area contributed by atoms with Crippen LogP contribution < -0.4 is 0 Å². The summed E-state index contributed by atoms with van der Waals surface area (Å²) in [5.41, 5.74) is 3.18. The smallest absolute Gasteiger partial charge is 0.202 e. The molecule has 0 amide bonds. The maximum Gasteiger partial charge on any atom is 0.202 e. The fourth-order valence-electron chi connectivity index (χ4n) is 4.62. The first-order valence-electron chi connectivity index (χ1n) is 10.7. The van der Waals surface area contributed by atoms with Crippen molar-refractivity contribution in [2.75, 3.05) is 0 Å². The van der Waals surface area contributed by atoms with Crippen LogP contribution in [0, 0.1) is 5.92 Å². The van der Waals surface area contributed by atoms with Crippen molar-refractivity contribution in [1.82, 2.24) is 29.1 Å².